The zero-order valence-corrected chi connectivity index (χ0v) is 23.1. The number of fused-ring (bicyclic) bond motifs is 1. The summed E-state index contributed by atoms with van der Waals surface area (Å²) in [5.41, 5.74) is 8.48. The van der Waals surface area contributed by atoms with Crippen LogP contribution in [0.5, 0.6) is 0 Å². The average molecular weight is 512 g/mol. The van der Waals surface area contributed by atoms with E-state index >= 15 is 4.39 Å². The van der Waals surface area contributed by atoms with Crippen molar-refractivity contribution in [2.75, 3.05) is 11.9 Å². The largest absolute Gasteiger partial charge is 0.380 e. The molecule has 1 saturated carbocycles. The highest BCUT2D eigenvalue weighted by Crippen LogP contribution is 2.38. The number of nitrogens with zero attached hydrogens (tertiary/aromatic N) is 2. The molecule has 4 rings (SSSR count). The number of carbonyl (C=O) groups excluding carboxylic acids is 2. The van der Waals surface area contributed by atoms with Crippen molar-refractivity contribution >= 4 is 17.4 Å². The molecule has 1 fully saturated rings. The highest BCUT2D eigenvalue weighted by atomic mass is 19.1. The fourth-order valence-electron chi connectivity index (χ4n) is 5.75. The number of aromatic nitrogens is 2. The van der Waals surface area contributed by atoms with Gasteiger partial charge in [0.1, 0.15) is 5.82 Å². The summed E-state index contributed by atoms with van der Waals surface area (Å²) in [6, 6.07) is 3.29. The Bertz CT molecular complexity index is 1190. The molecule has 7 nitrogen and oxygen atoms in total. The molecular formula is C29H42FN5O2. The number of nitrogens with one attached hydrogen (secondary N) is 2. The van der Waals surface area contributed by atoms with Crippen LogP contribution in [0.3, 0.4) is 0 Å². The van der Waals surface area contributed by atoms with Crippen LogP contribution in [0.15, 0.2) is 12.1 Å². The van der Waals surface area contributed by atoms with Crippen molar-refractivity contribution in [3.8, 4) is 5.69 Å². The molecule has 1 aromatic carbocycles. The van der Waals surface area contributed by atoms with Gasteiger partial charge in [0.05, 0.1) is 33.9 Å². The van der Waals surface area contributed by atoms with Crippen LogP contribution in [0.2, 0.25) is 0 Å². The van der Waals surface area contributed by atoms with Gasteiger partial charge in [-0.2, -0.15) is 5.10 Å². The molecule has 2 aromatic rings. The number of hydrogen-bond acceptors (Lipinski definition) is 5. The fourth-order valence-corrected chi connectivity index (χ4v) is 5.75. The summed E-state index contributed by atoms with van der Waals surface area (Å²) in [4.78, 5) is 25.4. The number of nitrogens with two attached hydrogens (primary N) is 1. The van der Waals surface area contributed by atoms with Crippen LogP contribution >= 0.6 is 0 Å². The van der Waals surface area contributed by atoms with E-state index in [4.69, 9.17) is 10.8 Å². The van der Waals surface area contributed by atoms with E-state index in [1.807, 2.05) is 6.92 Å². The first-order valence-corrected chi connectivity index (χ1v) is 13.6. The van der Waals surface area contributed by atoms with E-state index in [9.17, 15) is 9.59 Å². The summed E-state index contributed by atoms with van der Waals surface area (Å²) in [6.07, 6.45) is 5.83. The Morgan fingerprint density at radius 3 is 2.49 bits per heavy atom. The topological polar surface area (TPSA) is 102 Å². The normalized spacial score (nSPS) is 21.5. The van der Waals surface area contributed by atoms with E-state index < -0.39 is 11.7 Å². The lowest BCUT2D eigenvalue weighted by Gasteiger charge is -2.36. The van der Waals surface area contributed by atoms with Gasteiger partial charge in [-0.05, 0) is 42.6 Å². The lowest BCUT2D eigenvalue weighted by Crippen LogP contribution is -2.48. The van der Waals surface area contributed by atoms with Gasteiger partial charge in [-0.15, -0.1) is 0 Å². The standard InChI is InChI=1S/C29H42FN5O2/c1-7-19-26-23(14-29(5,6)15-24(26)36)35(34-19)17-12-18(30)25(27(31)37)22(13-17)33-21-11-9-8-10-20(21)32-16-28(2,3)4/h12-13,20-21,32-33H,7-11,14-16H2,1-6H3,(H2,31,37)/t20-,21-/m0/s1. The number of carbonyl (C=O) groups is 2. The molecule has 4 N–H and O–H groups in total. The van der Waals surface area contributed by atoms with Gasteiger partial charge < -0.3 is 16.4 Å². The Morgan fingerprint density at radius 1 is 1.19 bits per heavy atom. The molecule has 0 saturated heterocycles. The number of anilines is 1. The molecular weight excluding hydrogens is 469 g/mol. The van der Waals surface area contributed by atoms with Crippen molar-refractivity contribution in [1.29, 1.82) is 0 Å². The molecule has 0 spiro atoms. The molecule has 0 unspecified atom stereocenters. The minimum Gasteiger partial charge on any atom is -0.380 e. The first-order valence-electron chi connectivity index (χ1n) is 13.6. The van der Waals surface area contributed by atoms with Crippen LogP contribution in [0.4, 0.5) is 10.1 Å². The number of rotatable bonds is 7. The molecule has 1 heterocycles. The zero-order chi connectivity index (χ0) is 27.1. The molecule has 2 atom stereocenters. The first kappa shape index (κ1) is 27.3. The van der Waals surface area contributed by atoms with E-state index in [0.717, 1.165) is 43.6 Å². The van der Waals surface area contributed by atoms with Gasteiger partial charge in [0.15, 0.2) is 5.78 Å². The minimum atomic E-state index is -0.811. The van der Waals surface area contributed by atoms with Crippen molar-refractivity contribution in [2.24, 2.45) is 16.6 Å². The SMILES string of the molecule is CCc1nn(-c2cc(F)c(C(N)=O)c(N[C@H]3CCCC[C@@H]3NCC(C)(C)C)c2)c2c1C(=O)CC(C)(C)C2. The summed E-state index contributed by atoms with van der Waals surface area (Å²) in [7, 11) is 0. The van der Waals surface area contributed by atoms with Gasteiger partial charge in [0.2, 0.25) is 0 Å². The molecule has 8 heteroatoms. The van der Waals surface area contributed by atoms with Crippen LogP contribution in [-0.4, -0.2) is 40.1 Å². The van der Waals surface area contributed by atoms with Crippen LogP contribution < -0.4 is 16.4 Å². The van der Waals surface area contributed by atoms with Crippen LogP contribution in [-0.2, 0) is 12.8 Å². The van der Waals surface area contributed by atoms with Crippen molar-refractivity contribution in [3.63, 3.8) is 0 Å². The van der Waals surface area contributed by atoms with Gasteiger partial charge in [-0.1, -0.05) is 54.4 Å². The van der Waals surface area contributed by atoms with Crippen LogP contribution in [0, 0.1) is 16.6 Å². The molecule has 0 aliphatic heterocycles. The van der Waals surface area contributed by atoms with Crippen LogP contribution in [0.1, 0.15) is 106 Å². The molecule has 2 aliphatic carbocycles. The Hall–Kier alpha value is -2.74. The zero-order valence-electron chi connectivity index (χ0n) is 23.1. The second-order valence-corrected chi connectivity index (χ2v) is 12.8. The summed E-state index contributed by atoms with van der Waals surface area (Å²) in [5.74, 6) is -1.42. The van der Waals surface area contributed by atoms with Gasteiger partial charge in [0.25, 0.3) is 5.91 Å². The lowest BCUT2D eigenvalue weighted by atomic mass is 9.75. The van der Waals surface area contributed by atoms with Gasteiger partial charge in [-0.25, -0.2) is 9.07 Å². The summed E-state index contributed by atoms with van der Waals surface area (Å²) >= 11 is 0. The van der Waals surface area contributed by atoms with Crippen molar-refractivity contribution in [3.05, 3.63) is 40.5 Å². The molecule has 2 aliphatic rings. The van der Waals surface area contributed by atoms with E-state index in [1.54, 1.807) is 10.7 Å². The monoisotopic (exact) mass is 511 g/mol. The maximum atomic E-state index is 15.5. The number of Topliss-reactive ketones (excluding diaryl/α,β-unsaturated/α-hetero) is 1. The van der Waals surface area contributed by atoms with E-state index in [-0.39, 0.29) is 34.3 Å². The summed E-state index contributed by atoms with van der Waals surface area (Å²) in [5, 5.41) is 11.9. The average Bonchev–Trinajstić information content (AvgIpc) is 3.15. The third-order valence-electron chi connectivity index (χ3n) is 7.52. The van der Waals surface area contributed by atoms with Crippen molar-refractivity contribution < 1.29 is 14.0 Å². The smallest absolute Gasteiger partial charge is 0.253 e. The Labute approximate surface area is 219 Å². The Morgan fingerprint density at radius 2 is 1.86 bits per heavy atom. The van der Waals surface area contributed by atoms with Crippen LogP contribution in [0.25, 0.3) is 5.69 Å². The number of primary amides is 1. The second-order valence-electron chi connectivity index (χ2n) is 12.8. The quantitative estimate of drug-likeness (QED) is 0.475. The van der Waals surface area contributed by atoms with Crippen molar-refractivity contribution in [2.45, 2.75) is 98.6 Å². The number of halogens is 1. The maximum Gasteiger partial charge on any atom is 0.253 e. The highest BCUT2D eigenvalue weighted by Gasteiger charge is 2.37. The number of amides is 1. The third kappa shape index (κ3) is 5.89. The Kier molecular flexibility index (Phi) is 7.52. The highest BCUT2D eigenvalue weighted by molar-refractivity contribution is 6.00. The van der Waals surface area contributed by atoms with Gasteiger partial charge in [-0.3, -0.25) is 9.59 Å². The molecule has 0 radical (unpaired) electrons. The van der Waals surface area contributed by atoms with Gasteiger partial charge >= 0.3 is 0 Å². The van der Waals surface area contributed by atoms with Gasteiger partial charge in [0, 0.05) is 31.1 Å². The third-order valence-corrected chi connectivity index (χ3v) is 7.52. The maximum absolute atomic E-state index is 15.5. The molecule has 1 amide bonds. The first-order chi connectivity index (χ1) is 17.3. The predicted octanol–water partition coefficient (Wildman–Crippen LogP) is 5.19. The van der Waals surface area contributed by atoms with E-state index in [0.29, 0.717) is 36.2 Å². The number of hydrogen-bond donors (Lipinski definition) is 3. The number of ketones is 1. The molecule has 1 aromatic heterocycles. The summed E-state index contributed by atoms with van der Waals surface area (Å²) < 4.78 is 17.2. The lowest BCUT2D eigenvalue weighted by molar-refractivity contribution is 0.0909. The summed E-state index contributed by atoms with van der Waals surface area (Å²) in [6.45, 7) is 13.5. The molecule has 0 bridgehead atoms. The van der Waals surface area contributed by atoms with E-state index in [2.05, 4.69) is 45.3 Å². The van der Waals surface area contributed by atoms with Crippen molar-refractivity contribution in [1.82, 2.24) is 15.1 Å². The predicted molar refractivity (Wildman–Crippen MR) is 145 cm³/mol. The number of aryl methyl sites for hydroxylation is 1. The number of benzene rings is 1. The minimum absolute atomic E-state index is 0.0297. The molecule has 202 valence electrons. The molecule has 37 heavy (non-hydrogen) atoms. The fraction of sp³-hybridized carbons (Fsp3) is 0.621. The Balaban J connectivity index is 1.76. The second kappa shape index (κ2) is 10.2. The van der Waals surface area contributed by atoms with E-state index in [1.165, 1.54) is 6.07 Å².